The van der Waals surface area contributed by atoms with Crippen molar-refractivity contribution in [2.24, 2.45) is 0 Å². The van der Waals surface area contributed by atoms with Crippen molar-refractivity contribution < 1.29 is 31.9 Å². The molecule has 1 aliphatic heterocycles. The maximum absolute atomic E-state index is 15.1. The highest BCUT2D eigenvalue weighted by molar-refractivity contribution is 5.89. The molecular weight excluding hydrogens is 468 g/mol. The Bertz CT molecular complexity index is 1250. The maximum atomic E-state index is 15.1. The number of ether oxygens (including phenoxy) is 1. The van der Waals surface area contributed by atoms with Crippen LogP contribution in [0.1, 0.15) is 38.0 Å². The third-order valence-electron chi connectivity index (χ3n) is 5.82. The maximum Gasteiger partial charge on any atom is 0.264 e. The number of hydrogen-bond acceptors (Lipinski definition) is 4. The Hall–Kier alpha value is -3.47. The molecule has 1 atom stereocenters. The fraction of sp³-hybridized carbons (Fsp3) is 0.375. The Morgan fingerprint density at radius 3 is 2.57 bits per heavy atom. The zero-order valence-electron chi connectivity index (χ0n) is 19.2. The third kappa shape index (κ3) is 5.14. The van der Waals surface area contributed by atoms with Gasteiger partial charge in [-0.15, -0.1) is 0 Å². The summed E-state index contributed by atoms with van der Waals surface area (Å²) in [6.45, 7) is 3.98. The smallest absolute Gasteiger partial charge is 0.264 e. The molecule has 0 spiro atoms. The summed E-state index contributed by atoms with van der Waals surface area (Å²) in [4.78, 5) is 29.4. The largest absolute Gasteiger partial charge is 0.374 e. The zero-order chi connectivity index (χ0) is 25.3. The number of carbonyl (C=O) groups is 2. The van der Waals surface area contributed by atoms with Crippen molar-refractivity contribution in [3.63, 3.8) is 0 Å². The van der Waals surface area contributed by atoms with Gasteiger partial charge in [0.05, 0.1) is 29.7 Å². The lowest BCUT2D eigenvalue weighted by molar-refractivity contribution is -0.138. The van der Waals surface area contributed by atoms with E-state index in [1.54, 1.807) is 11.8 Å². The van der Waals surface area contributed by atoms with Gasteiger partial charge in [0.1, 0.15) is 17.3 Å². The minimum Gasteiger partial charge on any atom is -0.374 e. The van der Waals surface area contributed by atoms with Gasteiger partial charge in [-0.3, -0.25) is 9.59 Å². The Morgan fingerprint density at radius 1 is 1.23 bits per heavy atom. The molecule has 1 saturated heterocycles. The topological polar surface area (TPSA) is 75.9 Å². The minimum absolute atomic E-state index is 0.0381. The van der Waals surface area contributed by atoms with Crippen LogP contribution in [0.25, 0.3) is 16.9 Å². The lowest BCUT2D eigenvalue weighted by Crippen LogP contribution is -2.46. The van der Waals surface area contributed by atoms with Crippen LogP contribution in [0.5, 0.6) is 0 Å². The number of pyridine rings is 1. The molecule has 2 aromatic heterocycles. The lowest BCUT2D eigenvalue weighted by atomic mass is 10.0. The molecule has 0 radical (unpaired) electrons. The first kappa shape index (κ1) is 24.6. The number of benzene rings is 1. The van der Waals surface area contributed by atoms with E-state index in [4.69, 9.17) is 4.74 Å². The van der Waals surface area contributed by atoms with Crippen LogP contribution in [0.4, 0.5) is 23.2 Å². The Morgan fingerprint density at radius 2 is 1.94 bits per heavy atom. The van der Waals surface area contributed by atoms with Gasteiger partial charge in [-0.25, -0.2) is 22.5 Å². The zero-order valence-corrected chi connectivity index (χ0v) is 19.2. The quantitative estimate of drug-likeness (QED) is 0.519. The van der Waals surface area contributed by atoms with Crippen molar-refractivity contribution in [2.45, 2.75) is 39.2 Å². The average Bonchev–Trinajstić information content (AvgIpc) is 3.14. The monoisotopic (exact) mass is 492 g/mol. The van der Waals surface area contributed by atoms with Crippen LogP contribution in [-0.2, 0) is 20.7 Å². The Labute approximate surface area is 198 Å². The second-order valence-electron chi connectivity index (χ2n) is 8.28. The molecule has 186 valence electrons. The van der Waals surface area contributed by atoms with Crippen LogP contribution in [0.3, 0.4) is 0 Å². The molecule has 1 aliphatic rings. The van der Waals surface area contributed by atoms with Crippen molar-refractivity contribution >= 4 is 23.1 Å². The van der Waals surface area contributed by atoms with E-state index in [2.05, 4.69) is 10.3 Å². The van der Waals surface area contributed by atoms with Gasteiger partial charge in [-0.2, -0.15) is 0 Å². The van der Waals surface area contributed by atoms with Crippen molar-refractivity contribution in [3.05, 3.63) is 53.4 Å². The van der Waals surface area contributed by atoms with Gasteiger partial charge in [0.25, 0.3) is 6.43 Å². The first-order valence-corrected chi connectivity index (χ1v) is 11.1. The summed E-state index contributed by atoms with van der Waals surface area (Å²) in [6.07, 6.45) is -1.39. The van der Waals surface area contributed by atoms with Gasteiger partial charge in [-0.05, 0) is 24.3 Å². The van der Waals surface area contributed by atoms with E-state index < -0.39 is 35.6 Å². The van der Waals surface area contributed by atoms with Crippen LogP contribution in [0, 0.1) is 11.6 Å². The van der Waals surface area contributed by atoms with E-state index >= 15 is 8.78 Å². The molecule has 4 rings (SSSR count). The van der Waals surface area contributed by atoms with Gasteiger partial charge >= 0.3 is 0 Å². The summed E-state index contributed by atoms with van der Waals surface area (Å²) in [6, 6.07) is 4.32. The normalized spacial score (nSPS) is 16.2. The molecule has 2 amide bonds. The highest BCUT2D eigenvalue weighted by atomic mass is 19.3. The number of fused-ring (bicyclic) bond motifs is 1. The number of nitrogens with one attached hydrogen (secondary N) is 1. The molecule has 3 aromatic rings. The minimum atomic E-state index is -2.75. The standard InChI is InChI=1S/C24H24F4N4O3/c1-3-21(34)31-6-7-35-16(12-31)11-19-23(30-20-8-14(24(27)28)4-5-32(19)20)22-17(25)9-15(10-18(22)26)29-13(2)33/h4-5,8-10,16,24H,3,6-7,11-12H2,1-2H3,(H,29,33). The van der Waals surface area contributed by atoms with Crippen LogP contribution in [0.15, 0.2) is 30.5 Å². The van der Waals surface area contributed by atoms with Crippen molar-refractivity contribution in [2.75, 3.05) is 25.0 Å². The summed E-state index contributed by atoms with van der Waals surface area (Å²) < 4.78 is 64.1. The van der Waals surface area contributed by atoms with Gasteiger partial charge in [0.2, 0.25) is 11.8 Å². The lowest BCUT2D eigenvalue weighted by Gasteiger charge is -2.33. The fourth-order valence-corrected chi connectivity index (χ4v) is 4.23. The first-order chi connectivity index (χ1) is 16.7. The number of hydrogen-bond donors (Lipinski definition) is 1. The van der Waals surface area contributed by atoms with E-state index in [1.165, 1.54) is 23.6 Å². The molecule has 7 nitrogen and oxygen atoms in total. The molecule has 1 unspecified atom stereocenters. The van der Waals surface area contributed by atoms with E-state index in [-0.39, 0.29) is 41.5 Å². The summed E-state index contributed by atoms with van der Waals surface area (Å²) in [5.74, 6) is -2.48. The molecule has 1 aromatic carbocycles. The van der Waals surface area contributed by atoms with Gasteiger partial charge in [-0.1, -0.05) is 6.92 Å². The predicted octanol–water partition coefficient (Wildman–Crippen LogP) is 4.36. The highest BCUT2D eigenvalue weighted by Gasteiger charge is 2.28. The summed E-state index contributed by atoms with van der Waals surface area (Å²) in [7, 11) is 0. The van der Waals surface area contributed by atoms with Crippen LogP contribution >= 0.6 is 0 Å². The number of morpholine rings is 1. The Balaban J connectivity index is 1.80. The average molecular weight is 492 g/mol. The SMILES string of the molecule is CCC(=O)N1CCOC(Cc2c(-c3c(F)cc(NC(C)=O)cc3F)nc3cc(C(F)F)ccn23)C1. The number of halogens is 4. The number of anilines is 1. The summed E-state index contributed by atoms with van der Waals surface area (Å²) >= 11 is 0. The fourth-order valence-electron chi connectivity index (χ4n) is 4.23. The number of alkyl halides is 2. The van der Waals surface area contributed by atoms with E-state index in [1.807, 2.05) is 0 Å². The highest BCUT2D eigenvalue weighted by Crippen LogP contribution is 2.33. The van der Waals surface area contributed by atoms with E-state index in [0.29, 0.717) is 25.3 Å². The van der Waals surface area contributed by atoms with Gasteiger partial charge in [0.15, 0.2) is 0 Å². The molecule has 0 bridgehead atoms. The number of imidazole rings is 1. The molecule has 11 heteroatoms. The molecule has 1 fully saturated rings. The first-order valence-electron chi connectivity index (χ1n) is 11.1. The van der Waals surface area contributed by atoms with E-state index in [0.717, 1.165) is 18.2 Å². The molecule has 1 N–H and O–H groups in total. The number of rotatable bonds is 6. The second kappa shape index (κ2) is 10.0. The van der Waals surface area contributed by atoms with Crippen molar-refractivity contribution in [1.29, 1.82) is 0 Å². The van der Waals surface area contributed by atoms with Crippen LogP contribution in [0.2, 0.25) is 0 Å². The predicted molar refractivity (Wildman–Crippen MR) is 120 cm³/mol. The number of nitrogens with zero attached hydrogens (tertiary/aromatic N) is 3. The van der Waals surface area contributed by atoms with E-state index in [9.17, 15) is 18.4 Å². The molecule has 3 heterocycles. The van der Waals surface area contributed by atoms with Crippen molar-refractivity contribution in [3.8, 4) is 11.3 Å². The molecule has 0 aliphatic carbocycles. The molecule has 35 heavy (non-hydrogen) atoms. The summed E-state index contributed by atoms with van der Waals surface area (Å²) in [5, 5.41) is 2.33. The van der Waals surface area contributed by atoms with Crippen LogP contribution < -0.4 is 5.32 Å². The van der Waals surface area contributed by atoms with Gasteiger partial charge < -0.3 is 19.4 Å². The van der Waals surface area contributed by atoms with Gasteiger partial charge in [0, 0.05) is 50.3 Å². The van der Waals surface area contributed by atoms with Crippen LogP contribution in [-0.4, -0.2) is 51.9 Å². The van der Waals surface area contributed by atoms with Crippen molar-refractivity contribution in [1.82, 2.24) is 14.3 Å². The summed E-state index contributed by atoms with van der Waals surface area (Å²) in [5.41, 5.74) is -0.421. The second-order valence-corrected chi connectivity index (χ2v) is 8.28. The number of carbonyl (C=O) groups excluding carboxylic acids is 2. The number of aromatic nitrogens is 2. The number of amides is 2. The third-order valence-corrected chi connectivity index (χ3v) is 5.82. The molecular formula is C24H24F4N4O3. The Kier molecular flexibility index (Phi) is 7.06. The molecule has 0 saturated carbocycles.